The molecule has 7 nitrogen and oxygen atoms in total. The van der Waals surface area contributed by atoms with E-state index in [0.717, 1.165) is 11.6 Å². The number of fused-ring (bicyclic) bond motifs is 2. The summed E-state index contributed by atoms with van der Waals surface area (Å²) in [6.07, 6.45) is 0.240. The summed E-state index contributed by atoms with van der Waals surface area (Å²) in [7, 11) is 0. The Bertz CT molecular complexity index is 742. The third kappa shape index (κ3) is 1.76. The van der Waals surface area contributed by atoms with Gasteiger partial charge in [0.2, 0.25) is 0 Å². The number of hydrogen-bond acceptors (Lipinski definition) is 5. The predicted octanol–water partition coefficient (Wildman–Crippen LogP) is 3.20. The van der Waals surface area contributed by atoms with Crippen molar-refractivity contribution in [3.8, 4) is 11.5 Å². The molecule has 0 amide bonds. The molecule has 2 aromatic carbocycles. The van der Waals surface area contributed by atoms with Gasteiger partial charge in [-0.15, -0.1) is 0 Å². The summed E-state index contributed by atoms with van der Waals surface area (Å²) in [5.41, 5.74) is -0.00904. The second kappa shape index (κ2) is 4.30. The fourth-order valence-electron chi connectivity index (χ4n) is 2.28. The summed E-state index contributed by atoms with van der Waals surface area (Å²) in [4.78, 5) is 20.6. The number of nitrogens with zero attached hydrogens (tertiary/aromatic N) is 2. The largest absolute Gasteiger partial charge is 0.456 e. The van der Waals surface area contributed by atoms with Crippen LogP contribution >= 0.6 is 0 Å². The summed E-state index contributed by atoms with van der Waals surface area (Å²) in [6, 6.07) is 9.62. The Morgan fingerprint density at radius 3 is 2.40 bits per heavy atom. The first-order valence-electron chi connectivity index (χ1n) is 5.78. The molecule has 0 saturated carbocycles. The molecule has 0 aromatic heterocycles. The van der Waals surface area contributed by atoms with Gasteiger partial charge in [-0.3, -0.25) is 20.2 Å². The topological polar surface area (TPSA) is 95.5 Å². The van der Waals surface area contributed by atoms with E-state index in [1.807, 2.05) is 0 Å². The number of benzene rings is 2. The van der Waals surface area contributed by atoms with E-state index in [2.05, 4.69) is 0 Å². The maximum atomic E-state index is 11.2. The van der Waals surface area contributed by atoms with Crippen LogP contribution in [0.5, 0.6) is 11.5 Å². The zero-order valence-corrected chi connectivity index (χ0v) is 10.1. The van der Waals surface area contributed by atoms with Crippen molar-refractivity contribution in [1.82, 2.24) is 0 Å². The van der Waals surface area contributed by atoms with E-state index in [1.54, 1.807) is 24.3 Å². The minimum Gasteiger partial charge on any atom is -0.456 e. The number of para-hydroxylation sites is 1. The first-order chi connectivity index (χ1) is 9.58. The lowest BCUT2D eigenvalue weighted by Crippen LogP contribution is -2.08. The van der Waals surface area contributed by atoms with Crippen molar-refractivity contribution in [2.45, 2.75) is 6.42 Å². The number of rotatable bonds is 2. The van der Waals surface area contributed by atoms with Gasteiger partial charge in [0.1, 0.15) is 11.5 Å². The standard InChI is InChI=1S/C13H8N2O5/c16-14(17)10-5-6-12-9(13(10)15(18)19)7-8-3-1-2-4-11(8)20-12/h1-6H,7H2. The molecule has 3 rings (SSSR count). The molecule has 0 unspecified atom stereocenters. The van der Waals surface area contributed by atoms with Crippen LogP contribution in [0.3, 0.4) is 0 Å². The summed E-state index contributed by atoms with van der Waals surface area (Å²) < 4.78 is 5.58. The van der Waals surface area contributed by atoms with Crippen molar-refractivity contribution >= 4 is 11.4 Å². The molecule has 0 saturated heterocycles. The predicted molar refractivity (Wildman–Crippen MR) is 69.1 cm³/mol. The van der Waals surface area contributed by atoms with E-state index >= 15 is 0 Å². The highest BCUT2D eigenvalue weighted by molar-refractivity contribution is 5.66. The van der Waals surface area contributed by atoms with Crippen LogP contribution in [0, 0.1) is 20.2 Å². The van der Waals surface area contributed by atoms with E-state index in [1.165, 1.54) is 6.07 Å². The number of ether oxygens (including phenoxy) is 1. The van der Waals surface area contributed by atoms with Crippen molar-refractivity contribution in [3.63, 3.8) is 0 Å². The molecule has 1 aliphatic heterocycles. The van der Waals surface area contributed by atoms with Crippen LogP contribution in [0.4, 0.5) is 11.4 Å². The van der Waals surface area contributed by atoms with Crippen LogP contribution in [0.25, 0.3) is 0 Å². The van der Waals surface area contributed by atoms with Crippen LogP contribution in [0.15, 0.2) is 36.4 Å². The number of nitro groups is 2. The Morgan fingerprint density at radius 1 is 0.950 bits per heavy atom. The van der Waals surface area contributed by atoms with Crippen LogP contribution in [-0.4, -0.2) is 9.85 Å². The van der Waals surface area contributed by atoms with Crippen molar-refractivity contribution in [2.24, 2.45) is 0 Å². The average Bonchev–Trinajstić information content (AvgIpc) is 2.43. The molecule has 0 spiro atoms. The zero-order chi connectivity index (χ0) is 14.3. The third-order valence-corrected chi connectivity index (χ3v) is 3.16. The van der Waals surface area contributed by atoms with Crippen molar-refractivity contribution in [3.05, 3.63) is 67.8 Å². The van der Waals surface area contributed by atoms with E-state index in [4.69, 9.17) is 4.74 Å². The highest BCUT2D eigenvalue weighted by Gasteiger charge is 2.33. The molecule has 7 heteroatoms. The van der Waals surface area contributed by atoms with E-state index in [0.29, 0.717) is 11.5 Å². The molecule has 100 valence electrons. The van der Waals surface area contributed by atoms with Gasteiger partial charge in [-0.05, 0) is 17.7 Å². The molecule has 0 fully saturated rings. The smallest absolute Gasteiger partial charge is 0.353 e. The van der Waals surface area contributed by atoms with Gasteiger partial charge in [0.05, 0.1) is 15.4 Å². The molecule has 20 heavy (non-hydrogen) atoms. The third-order valence-electron chi connectivity index (χ3n) is 3.16. The summed E-state index contributed by atoms with van der Waals surface area (Å²) >= 11 is 0. The number of hydrogen-bond donors (Lipinski definition) is 0. The van der Waals surface area contributed by atoms with Gasteiger partial charge >= 0.3 is 11.4 Å². The molecule has 0 radical (unpaired) electrons. The maximum absolute atomic E-state index is 11.2. The molecule has 0 bridgehead atoms. The lowest BCUT2D eigenvalue weighted by molar-refractivity contribution is -0.423. The average molecular weight is 272 g/mol. The van der Waals surface area contributed by atoms with Crippen LogP contribution in [0.1, 0.15) is 11.1 Å². The lowest BCUT2D eigenvalue weighted by atomic mass is 9.98. The van der Waals surface area contributed by atoms with Gasteiger partial charge in [-0.1, -0.05) is 18.2 Å². The van der Waals surface area contributed by atoms with Crippen LogP contribution < -0.4 is 4.74 Å². The highest BCUT2D eigenvalue weighted by Crippen LogP contribution is 2.44. The Kier molecular flexibility index (Phi) is 2.60. The Labute approximate surface area is 112 Å². The van der Waals surface area contributed by atoms with Gasteiger partial charge < -0.3 is 4.74 Å². The first-order valence-corrected chi connectivity index (χ1v) is 5.78. The quantitative estimate of drug-likeness (QED) is 0.527. The SMILES string of the molecule is O=[N+]([O-])c1ccc2c(c1[N+](=O)[O-])Cc1ccccc1O2. The minimum absolute atomic E-state index is 0.239. The number of nitro benzene ring substituents is 2. The maximum Gasteiger partial charge on any atom is 0.353 e. The van der Waals surface area contributed by atoms with Crippen molar-refractivity contribution in [2.75, 3.05) is 0 Å². The molecular formula is C13H8N2O5. The fraction of sp³-hybridized carbons (Fsp3) is 0.0769. The van der Waals surface area contributed by atoms with Crippen LogP contribution in [0.2, 0.25) is 0 Å². The van der Waals surface area contributed by atoms with Crippen LogP contribution in [-0.2, 0) is 6.42 Å². The molecule has 1 aliphatic rings. The second-order valence-corrected chi connectivity index (χ2v) is 4.31. The molecule has 1 heterocycles. The molecule has 0 aliphatic carbocycles. The van der Waals surface area contributed by atoms with Gasteiger partial charge in [-0.2, -0.15) is 0 Å². The van der Waals surface area contributed by atoms with E-state index < -0.39 is 21.2 Å². The second-order valence-electron chi connectivity index (χ2n) is 4.31. The Balaban J connectivity index is 2.21. The van der Waals surface area contributed by atoms with Crippen molar-refractivity contribution in [1.29, 1.82) is 0 Å². The van der Waals surface area contributed by atoms with Gasteiger partial charge in [0.15, 0.2) is 0 Å². The summed E-state index contributed by atoms with van der Waals surface area (Å²) in [5, 5.41) is 22.1. The fourth-order valence-corrected chi connectivity index (χ4v) is 2.28. The molecule has 2 aromatic rings. The Hall–Kier alpha value is -2.96. The zero-order valence-electron chi connectivity index (χ0n) is 10.1. The Morgan fingerprint density at radius 2 is 1.70 bits per heavy atom. The van der Waals surface area contributed by atoms with Gasteiger partial charge in [-0.25, -0.2) is 0 Å². The molecule has 0 N–H and O–H groups in total. The monoisotopic (exact) mass is 272 g/mol. The minimum atomic E-state index is -0.751. The van der Waals surface area contributed by atoms with Gasteiger partial charge in [0, 0.05) is 12.5 Å². The van der Waals surface area contributed by atoms with E-state index in [-0.39, 0.29) is 12.0 Å². The lowest BCUT2D eigenvalue weighted by Gasteiger charge is -2.19. The first kappa shape index (κ1) is 12.1. The highest BCUT2D eigenvalue weighted by atomic mass is 16.6. The molecular weight excluding hydrogens is 264 g/mol. The molecule has 0 atom stereocenters. The van der Waals surface area contributed by atoms with Gasteiger partial charge in [0.25, 0.3) is 0 Å². The van der Waals surface area contributed by atoms with E-state index in [9.17, 15) is 20.2 Å². The van der Waals surface area contributed by atoms with Crippen molar-refractivity contribution < 1.29 is 14.6 Å². The summed E-state index contributed by atoms with van der Waals surface area (Å²) in [5.74, 6) is 0.907. The summed E-state index contributed by atoms with van der Waals surface area (Å²) in [6.45, 7) is 0. The normalized spacial score (nSPS) is 12.0.